The fourth-order valence-electron chi connectivity index (χ4n) is 3.31. The van der Waals surface area contributed by atoms with Gasteiger partial charge in [0.15, 0.2) is 0 Å². The molecule has 0 radical (unpaired) electrons. The zero-order valence-corrected chi connectivity index (χ0v) is 13.9. The quantitative estimate of drug-likeness (QED) is 0.827. The number of halogens is 1. The van der Waals surface area contributed by atoms with Crippen LogP contribution in [-0.4, -0.2) is 31.6 Å². The van der Waals surface area contributed by atoms with E-state index in [1.54, 1.807) is 6.07 Å². The van der Waals surface area contributed by atoms with Crippen molar-refractivity contribution in [3.63, 3.8) is 0 Å². The Morgan fingerprint density at radius 1 is 1.08 bits per heavy atom. The van der Waals surface area contributed by atoms with E-state index in [9.17, 15) is 4.39 Å². The minimum atomic E-state index is -0.282. The molecular weight excluding hydrogens is 305 g/mol. The topological polar surface area (TPSA) is 21.7 Å². The number of para-hydroxylation sites is 1. The summed E-state index contributed by atoms with van der Waals surface area (Å²) >= 11 is 0. The van der Waals surface area contributed by atoms with Crippen LogP contribution in [0.5, 0.6) is 11.5 Å². The van der Waals surface area contributed by atoms with Crippen molar-refractivity contribution in [3.05, 3.63) is 59.4 Å². The molecule has 24 heavy (non-hydrogen) atoms. The monoisotopic (exact) mass is 325 g/mol. The van der Waals surface area contributed by atoms with Crippen LogP contribution in [0.1, 0.15) is 24.0 Å². The summed E-state index contributed by atoms with van der Waals surface area (Å²) in [6, 6.07) is 12.5. The molecule has 4 rings (SSSR count). The maximum absolute atomic E-state index is 13.8. The maximum Gasteiger partial charge on any atom is 0.138 e. The third-order valence-electron chi connectivity index (χ3n) is 4.51. The number of benzene rings is 2. The predicted molar refractivity (Wildman–Crippen MR) is 92.4 cm³/mol. The largest absolute Gasteiger partial charge is 0.489 e. The lowest BCUT2D eigenvalue weighted by atomic mass is 9.97. The average molecular weight is 325 g/mol. The van der Waals surface area contributed by atoms with Crippen molar-refractivity contribution < 1.29 is 13.9 Å². The van der Waals surface area contributed by atoms with Crippen molar-refractivity contribution in [1.82, 2.24) is 4.90 Å². The lowest BCUT2D eigenvalue weighted by Crippen LogP contribution is -2.19. The first-order valence-electron chi connectivity index (χ1n) is 8.23. The van der Waals surface area contributed by atoms with E-state index < -0.39 is 0 Å². The van der Waals surface area contributed by atoms with Crippen LogP contribution in [0.15, 0.2) is 42.5 Å². The molecule has 124 valence electrons. The summed E-state index contributed by atoms with van der Waals surface area (Å²) in [5.41, 5.74) is 2.85. The van der Waals surface area contributed by atoms with Crippen LogP contribution in [0, 0.1) is 5.82 Å². The minimum absolute atomic E-state index is 0.111. The van der Waals surface area contributed by atoms with E-state index in [4.69, 9.17) is 9.47 Å². The van der Waals surface area contributed by atoms with Crippen molar-refractivity contribution >= 4 is 11.3 Å². The molecule has 2 heterocycles. The van der Waals surface area contributed by atoms with Crippen LogP contribution in [0.2, 0.25) is 0 Å². The Morgan fingerprint density at radius 3 is 2.71 bits per heavy atom. The van der Waals surface area contributed by atoms with Crippen molar-refractivity contribution in [2.45, 2.75) is 18.9 Å². The summed E-state index contributed by atoms with van der Waals surface area (Å²) < 4.78 is 26.1. The molecule has 0 aliphatic carbocycles. The smallest absolute Gasteiger partial charge is 0.138 e. The second-order valence-electron chi connectivity index (χ2n) is 6.58. The number of hydrogen-bond acceptors (Lipinski definition) is 3. The summed E-state index contributed by atoms with van der Waals surface area (Å²) in [6.07, 6.45) is 1.87. The van der Waals surface area contributed by atoms with Crippen molar-refractivity contribution in [2.24, 2.45) is 0 Å². The van der Waals surface area contributed by atoms with Gasteiger partial charge >= 0.3 is 0 Å². The molecule has 1 unspecified atom stereocenters. The Morgan fingerprint density at radius 2 is 1.88 bits per heavy atom. The van der Waals surface area contributed by atoms with Gasteiger partial charge in [-0.1, -0.05) is 18.2 Å². The number of ether oxygens (including phenoxy) is 2. The lowest BCUT2D eigenvalue weighted by molar-refractivity contribution is 0.167. The number of nitrogens with zero attached hydrogens (tertiary/aromatic N) is 1. The summed E-state index contributed by atoms with van der Waals surface area (Å²) in [5, 5.41) is 0. The second-order valence-corrected chi connectivity index (χ2v) is 6.58. The first-order valence-corrected chi connectivity index (χ1v) is 8.23. The molecule has 0 amide bonds. The molecule has 0 spiro atoms. The van der Waals surface area contributed by atoms with E-state index >= 15 is 0 Å². The van der Waals surface area contributed by atoms with Crippen molar-refractivity contribution in [3.8, 4) is 11.5 Å². The van der Waals surface area contributed by atoms with E-state index in [-0.39, 0.29) is 11.9 Å². The van der Waals surface area contributed by atoms with Crippen molar-refractivity contribution in [2.75, 3.05) is 20.6 Å². The highest BCUT2D eigenvalue weighted by molar-refractivity contribution is 5.94. The molecule has 2 aliphatic rings. The fraction of sp³-hybridized carbons (Fsp3) is 0.300. The Kier molecular flexibility index (Phi) is 3.77. The first-order chi connectivity index (χ1) is 11.6. The summed E-state index contributed by atoms with van der Waals surface area (Å²) in [7, 11) is 4.11. The first kappa shape index (κ1) is 15.2. The van der Waals surface area contributed by atoms with Gasteiger partial charge in [-0.15, -0.1) is 0 Å². The molecule has 2 aromatic rings. The van der Waals surface area contributed by atoms with E-state index in [0.29, 0.717) is 11.3 Å². The highest BCUT2D eigenvalue weighted by Crippen LogP contribution is 2.48. The van der Waals surface area contributed by atoms with Crippen LogP contribution in [-0.2, 0) is 4.74 Å². The molecule has 3 nitrogen and oxygen atoms in total. The third kappa shape index (κ3) is 2.67. The van der Waals surface area contributed by atoms with Crippen LogP contribution in [0.25, 0.3) is 11.3 Å². The average Bonchev–Trinajstić information content (AvgIpc) is 2.94. The van der Waals surface area contributed by atoms with Gasteiger partial charge < -0.3 is 14.4 Å². The minimum Gasteiger partial charge on any atom is -0.489 e. The number of hydrogen-bond donors (Lipinski definition) is 0. The second kappa shape index (κ2) is 5.95. The van der Waals surface area contributed by atoms with Crippen LogP contribution in [0.4, 0.5) is 4.39 Å². The van der Waals surface area contributed by atoms with Gasteiger partial charge in [0, 0.05) is 24.1 Å². The fourth-order valence-corrected chi connectivity index (χ4v) is 3.31. The molecule has 0 fully saturated rings. The zero-order valence-electron chi connectivity index (χ0n) is 13.9. The Bertz CT molecular complexity index is 813. The SMILES string of the molecule is CN(C)CCC1CC2=C(O1)c1cc(F)ccc1Oc1ccccc12. The molecule has 0 aromatic heterocycles. The van der Waals surface area contributed by atoms with Gasteiger partial charge in [-0.05, 0) is 44.8 Å². The molecule has 2 aliphatic heterocycles. The van der Waals surface area contributed by atoms with Gasteiger partial charge in [-0.25, -0.2) is 4.39 Å². The molecule has 0 saturated carbocycles. The Hall–Kier alpha value is -2.33. The van der Waals surface area contributed by atoms with E-state index in [1.165, 1.54) is 12.1 Å². The zero-order chi connectivity index (χ0) is 16.7. The van der Waals surface area contributed by atoms with Gasteiger partial charge in [0.05, 0.1) is 5.56 Å². The summed E-state index contributed by atoms with van der Waals surface area (Å²) in [5.74, 6) is 1.92. The third-order valence-corrected chi connectivity index (χ3v) is 4.51. The Balaban J connectivity index is 1.78. The molecule has 1 atom stereocenters. The van der Waals surface area contributed by atoms with E-state index in [0.717, 1.165) is 42.0 Å². The maximum atomic E-state index is 13.8. The van der Waals surface area contributed by atoms with Gasteiger partial charge in [0.1, 0.15) is 29.2 Å². The molecule has 4 heteroatoms. The molecule has 2 aromatic carbocycles. The standard InChI is InChI=1S/C20H20FNO2/c1-22(2)10-9-14-12-16-15-5-3-4-6-18(15)24-19-8-7-13(21)11-17(19)20(16)23-14/h3-8,11,14H,9-10,12H2,1-2H3. The highest BCUT2D eigenvalue weighted by atomic mass is 19.1. The summed E-state index contributed by atoms with van der Waals surface area (Å²) in [6.45, 7) is 0.958. The van der Waals surface area contributed by atoms with Crippen LogP contribution in [0.3, 0.4) is 0 Å². The Labute approximate surface area is 141 Å². The van der Waals surface area contributed by atoms with Crippen LogP contribution >= 0.6 is 0 Å². The number of fused-ring (bicyclic) bond motifs is 4. The molecule has 0 N–H and O–H groups in total. The lowest BCUT2D eigenvalue weighted by Gasteiger charge is -2.17. The molecule has 0 bridgehead atoms. The van der Waals surface area contributed by atoms with Crippen molar-refractivity contribution in [1.29, 1.82) is 0 Å². The predicted octanol–water partition coefficient (Wildman–Crippen LogP) is 4.54. The van der Waals surface area contributed by atoms with Gasteiger partial charge in [-0.3, -0.25) is 0 Å². The van der Waals surface area contributed by atoms with E-state index in [1.807, 2.05) is 24.3 Å². The highest BCUT2D eigenvalue weighted by Gasteiger charge is 2.33. The normalized spacial score (nSPS) is 18.4. The molecule has 0 saturated heterocycles. The van der Waals surface area contributed by atoms with Crippen LogP contribution < -0.4 is 4.74 Å². The van der Waals surface area contributed by atoms with Gasteiger partial charge in [-0.2, -0.15) is 0 Å². The number of rotatable bonds is 3. The van der Waals surface area contributed by atoms with Gasteiger partial charge in [0.2, 0.25) is 0 Å². The van der Waals surface area contributed by atoms with E-state index in [2.05, 4.69) is 19.0 Å². The van der Waals surface area contributed by atoms with Gasteiger partial charge in [0.25, 0.3) is 0 Å². The summed E-state index contributed by atoms with van der Waals surface area (Å²) in [4.78, 5) is 2.15. The molecular formula is C20H20FNO2.